The van der Waals surface area contributed by atoms with Gasteiger partial charge in [0.05, 0.1) is 6.10 Å². The number of nitrogens with zero attached hydrogens (tertiary/aromatic N) is 3. The zero-order valence-electron chi connectivity index (χ0n) is 8.78. The number of aromatic nitrogens is 3. The smallest absolute Gasteiger partial charge is 0.159 e. The van der Waals surface area contributed by atoms with Gasteiger partial charge < -0.3 is 14.6 Å². The van der Waals surface area contributed by atoms with Crippen LogP contribution in [0.5, 0.6) is 0 Å². The van der Waals surface area contributed by atoms with Crippen LogP contribution in [-0.4, -0.2) is 34.0 Å². The quantitative estimate of drug-likeness (QED) is 0.765. The van der Waals surface area contributed by atoms with Crippen molar-refractivity contribution in [3.8, 4) is 0 Å². The molecular formula is C10H16N4O. The van der Waals surface area contributed by atoms with Crippen molar-refractivity contribution < 1.29 is 4.74 Å². The minimum absolute atomic E-state index is 0.376. The molecule has 0 radical (unpaired) electrons. The summed E-state index contributed by atoms with van der Waals surface area (Å²) in [6.07, 6.45) is 3.92. The molecule has 0 bridgehead atoms. The Bertz CT molecular complexity index is 345. The highest BCUT2D eigenvalue weighted by Crippen LogP contribution is 2.15. The third-order valence-corrected chi connectivity index (χ3v) is 3.13. The van der Waals surface area contributed by atoms with Crippen molar-refractivity contribution in [2.75, 3.05) is 13.1 Å². The molecule has 0 unspecified atom stereocenters. The van der Waals surface area contributed by atoms with E-state index >= 15 is 0 Å². The Balaban J connectivity index is 1.66. The van der Waals surface area contributed by atoms with Crippen molar-refractivity contribution in [2.45, 2.75) is 38.5 Å². The van der Waals surface area contributed by atoms with E-state index < -0.39 is 0 Å². The average molecular weight is 208 g/mol. The number of fused-ring (bicyclic) bond motifs is 1. The number of hydrogen-bond donors (Lipinski definition) is 1. The van der Waals surface area contributed by atoms with Gasteiger partial charge in [0, 0.05) is 26.1 Å². The monoisotopic (exact) mass is 208 g/mol. The van der Waals surface area contributed by atoms with E-state index in [1.54, 1.807) is 0 Å². The molecule has 3 heterocycles. The maximum absolute atomic E-state index is 5.70. The Morgan fingerprint density at radius 3 is 3.07 bits per heavy atom. The van der Waals surface area contributed by atoms with Crippen molar-refractivity contribution >= 4 is 0 Å². The zero-order chi connectivity index (χ0) is 10.1. The van der Waals surface area contributed by atoms with Gasteiger partial charge in [0.15, 0.2) is 5.82 Å². The summed E-state index contributed by atoms with van der Waals surface area (Å²) in [7, 11) is 0. The van der Waals surface area contributed by atoms with Crippen LogP contribution in [0.4, 0.5) is 0 Å². The minimum atomic E-state index is 0.376. The normalized spacial score (nSPS) is 21.1. The largest absolute Gasteiger partial charge is 0.368 e. The third-order valence-electron chi connectivity index (χ3n) is 3.13. The summed E-state index contributed by atoms with van der Waals surface area (Å²) in [4.78, 5) is 0. The lowest BCUT2D eigenvalue weighted by atomic mass is 10.2. The highest BCUT2D eigenvalue weighted by Gasteiger charge is 2.20. The first-order valence-electron chi connectivity index (χ1n) is 5.67. The summed E-state index contributed by atoms with van der Waals surface area (Å²) in [5.74, 6) is 2.13. The number of aryl methyl sites for hydroxylation is 1. The summed E-state index contributed by atoms with van der Waals surface area (Å²) >= 11 is 0. The van der Waals surface area contributed by atoms with Gasteiger partial charge in [0.1, 0.15) is 12.4 Å². The van der Waals surface area contributed by atoms with E-state index in [0.717, 1.165) is 37.7 Å². The van der Waals surface area contributed by atoms with Gasteiger partial charge in [0.2, 0.25) is 0 Å². The van der Waals surface area contributed by atoms with E-state index in [1.807, 2.05) is 0 Å². The number of ether oxygens (including phenoxy) is 1. The van der Waals surface area contributed by atoms with Crippen LogP contribution in [0.2, 0.25) is 0 Å². The fraction of sp³-hybridized carbons (Fsp3) is 0.800. The van der Waals surface area contributed by atoms with Crippen molar-refractivity contribution in [1.82, 2.24) is 20.1 Å². The lowest BCUT2D eigenvalue weighted by Gasteiger charge is -2.27. The molecule has 0 amide bonds. The molecule has 82 valence electrons. The van der Waals surface area contributed by atoms with E-state index in [1.165, 1.54) is 12.8 Å². The molecule has 1 N–H and O–H groups in total. The van der Waals surface area contributed by atoms with Crippen molar-refractivity contribution in [3.05, 3.63) is 11.6 Å². The molecule has 1 saturated heterocycles. The molecule has 1 aromatic rings. The molecule has 1 aromatic heterocycles. The molecule has 0 aromatic carbocycles. The fourth-order valence-electron chi connectivity index (χ4n) is 2.05. The van der Waals surface area contributed by atoms with Gasteiger partial charge in [-0.25, -0.2) is 0 Å². The third kappa shape index (κ3) is 1.77. The van der Waals surface area contributed by atoms with E-state index in [9.17, 15) is 0 Å². The molecule has 1 fully saturated rings. The average Bonchev–Trinajstić information content (AvgIpc) is 2.60. The van der Waals surface area contributed by atoms with E-state index in [-0.39, 0.29) is 0 Å². The van der Waals surface area contributed by atoms with Crippen molar-refractivity contribution in [2.24, 2.45) is 0 Å². The second-order valence-corrected chi connectivity index (χ2v) is 4.23. The molecule has 0 atom stereocenters. The van der Waals surface area contributed by atoms with E-state index in [0.29, 0.717) is 12.7 Å². The van der Waals surface area contributed by atoms with Crippen molar-refractivity contribution in [1.29, 1.82) is 0 Å². The lowest BCUT2D eigenvalue weighted by Crippen LogP contribution is -2.48. The van der Waals surface area contributed by atoms with Gasteiger partial charge in [0.25, 0.3) is 0 Å². The maximum atomic E-state index is 5.70. The van der Waals surface area contributed by atoms with Crippen LogP contribution < -0.4 is 5.32 Å². The van der Waals surface area contributed by atoms with Crippen LogP contribution in [0, 0.1) is 0 Å². The van der Waals surface area contributed by atoms with E-state index in [2.05, 4.69) is 20.1 Å². The van der Waals surface area contributed by atoms with Crippen LogP contribution in [-0.2, 0) is 24.3 Å². The Morgan fingerprint density at radius 1 is 1.33 bits per heavy atom. The zero-order valence-corrected chi connectivity index (χ0v) is 8.78. The fourth-order valence-corrected chi connectivity index (χ4v) is 2.05. The first kappa shape index (κ1) is 9.30. The van der Waals surface area contributed by atoms with Crippen LogP contribution in [0.25, 0.3) is 0 Å². The molecule has 0 spiro atoms. The minimum Gasteiger partial charge on any atom is -0.368 e. The summed E-state index contributed by atoms with van der Waals surface area (Å²) in [6.45, 7) is 3.62. The molecular weight excluding hydrogens is 192 g/mol. The predicted octanol–water partition coefficient (Wildman–Crippen LogP) is 0.103. The van der Waals surface area contributed by atoms with Crippen LogP contribution in [0.15, 0.2) is 0 Å². The molecule has 0 aliphatic carbocycles. The first-order chi connectivity index (χ1) is 7.43. The molecule has 5 heteroatoms. The van der Waals surface area contributed by atoms with Gasteiger partial charge in [-0.3, -0.25) is 0 Å². The van der Waals surface area contributed by atoms with Crippen LogP contribution in [0.1, 0.15) is 24.5 Å². The highest BCUT2D eigenvalue weighted by molar-refractivity contribution is 4.98. The molecule has 0 saturated carbocycles. The maximum Gasteiger partial charge on any atom is 0.159 e. The van der Waals surface area contributed by atoms with Gasteiger partial charge in [-0.2, -0.15) is 0 Å². The summed E-state index contributed by atoms with van der Waals surface area (Å²) in [5.41, 5.74) is 0. The second-order valence-electron chi connectivity index (χ2n) is 4.23. The molecule has 3 rings (SSSR count). The lowest BCUT2D eigenvalue weighted by molar-refractivity contribution is 0.00284. The molecule has 5 nitrogen and oxygen atoms in total. The molecule has 2 aliphatic rings. The van der Waals surface area contributed by atoms with Crippen LogP contribution >= 0.6 is 0 Å². The number of hydrogen-bond acceptors (Lipinski definition) is 4. The molecule has 2 aliphatic heterocycles. The van der Waals surface area contributed by atoms with Gasteiger partial charge in [-0.05, 0) is 12.8 Å². The first-order valence-corrected chi connectivity index (χ1v) is 5.67. The summed E-state index contributed by atoms with van der Waals surface area (Å²) in [5, 5.41) is 11.6. The van der Waals surface area contributed by atoms with Gasteiger partial charge in [-0.15, -0.1) is 10.2 Å². The predicted molar refractivity (Wildman–Crippen MR) is 54.4 cm³/mol. The highest BCUT2D eigenvalue weighted by atomic mass is 16.5. The summed E-state index contributed by atoms with van der Waals surface area (Å²) < 4.78 is 7.92. The number of rotatable bonds is 3. The Labute approximate surface area is 88.8 Å². The van der Waals surface area contributed by atoms with E-state index in [4.69, 9.17) is 4.74 Å². The SMILES string of the molecule is C1CCn2c(nnc2COC2CNC2)C1. The Morgan fingerprint density at radius 2 is 2.27 bits per heavy atom. The Hall–Kier alpha value is -0.940. The van der Waals surface area contributed by atoms with Crippen LogP contribution in [0.3, 0.4) is 0 Å². The topological polar surface area (TPSA) is 52.0 Å². The Kier molecular flexibility index (Phi) is 2.42. The van der Waals surface area contributed by atoms with Gasteiger partial charge >= 0.3 is 0 Å². The second kappa shape index (κ2) is 3.90. The standard InChI is InChI=1S/C10H16N4O/c1-2-4-14-9(3-1)12-13-10(14)7-15-8-5-11-6-8/h8,11H,1-7H2. The molecule has 15 heavy (non-hydrogen) atoms. The summed E-state index contributed by atoms with van der Waals surface area (Å²) in [6, 6.07) is 0. The number of nitrogens with one attached hydrogen (secondary N) is 1. The van der Waals surface area contributed by atoms with Gasteiger partial charge in [-0.1, -0.05) is 0 Å². The van der Waals surface area contributed by atoms with Crippen molar-refractivity contribution in [3.63, 3.8) is 0 Å².